The van der Waals surface area contributed by atoms with Crippen molar-refractivity contribution in [2.75, 3.05) is 11.1 Å². The number of carbonyl (C=O) groups is 1. The summed E-state index contributed by atoms with van der Waals surface area (Å²) >= 11 is 0. The molecule has 4 heteroatoms. The predicted octanol–water partition coefficient (Wildman–Crippen LogP) is 3.35. The number of benzene rings is 1. The molecule has 1 atom stereocenters. The Morgan fingerprint density at radius 1 is 1.44 bits per heavy atom. The van der Waals surface area contributed by atoms with E-state index in [0.29, 0.717) is 11.7 Å². The summed E-state index contributed by atoms with van der Waals surface area (Å²) in [6.07, 6.45) is 4.71. The molecular weight excluding hydrogens is 228 g/mol. The lowest BCUT2D eigenvalue weighted by atomic mass is 10.1. The maximum Gasteiger partial charge on any atom is 0.337 e. The number of rotatable bonds is 7. The van der Waals surface area contributed by atoms with Gasteiger partial charge in [0.25, 0.3) is 0 Å². The molecule has 1 aromatic carbocycles. The fourth-order valence-electron chi connectivity index (χ4n) is 1.89. The quantitative estimate of drug-likeness (QED) is 0.512. The molecule has 0 aliphatic carbocycles. The molecule has 1 aromatic rings. The summed E-state index contributed by atoms with van der Waals surface area (Å²) < 4.78 is 0. The molecule has 0 aliphatic heterocycles. The second-order valence-corrected chi connectivity index (χ2v) is 4.65. The van der Waals surface area contributed by atoms with Gasteiger partial charge in [0.05, 0.1) is 5.56 Å². The van der Waals surface area contributed by atoms with Crippen LogP contribution >= 0.6 is 0 Å². The summed E-state index contributed by atoms with van der Waals surface area (Å²) in [6.45, 7) is 4.28. The van der Waals surface area contributed by atoms with E-state index in [4.69, 9.17) is 10.8 Å². The minimum Gasteiger partial charge on any atom is -0.478 e. The molecule has 0 radical (unpaired) electrons. The number of aromatic carboxylic acids is 1. The smallest absolute Gasteiger partial charge is 0.337 e. The number of carboxylic acid groups (broad SMARTS) is 1. The molecule has 0 saturated carbocycles. The fourth-order valence-corrected chi connectivity index (χ4v) is 1.89. The van der Waals surface area contributed by atoms with Gasteiger partial charge in [-0.2, -0.15) is 0 Å². The van der Waals surface area contributed by atoms with E-state index in [1.165, 1.54) is 19.3 Å². The summed E-state index contributed by atoms with van der Waals surface area (Å²) in [4.78, 5) is 11.0. The molecule has 0 bridgehead atoms. The van der Waals surface area contributed by atoms with Crippen molar-refractivity contribution in [3.63, 3.8) is 0 Å². The maximum absolute atomic E-state index is 11.0. The molecule has 4 nitrogen and oxygen atoms in total. The Kier molecular flexibility index (Phi) is 5.49. The minimum absolute atomic E-state index is 0.153. The molecule has 0 amide bonds. The summed E-state index contributed by atoms with van der Waals surface area (Å²) in [7, 11) is 0. The first-order valence-corrected chi connectivity index (χ1v) is 6.44. The summed E-state index contributed by atoms with van der Waals surface area (Å²) in [5.41, 5.74) is 6.87. The van der Waals surface area contributed by atoms with Crippen molar-refractivity contribution < 1.29 is 9.90 Å². The summed E-state index contributed by atoms with van der Waals surface area (Å²) in [6, 6.07) is 5.37. The second-order valence-electron chi connectivity index (χ2n) is 4.65. The highest BCUT2D eigenvalue weighted by Gasteiger charge is 2.09. The molecule has 0 fully saturated rings. The molecule has 100 valence electrons. The number of carboxylic acids is 1. The fraction of sp³-hybridized carbons (Fsp3) is 0.500. The Morgan fingerprint density at radius 3 is 2.78 bits per heavy atom. The van der Waals surface area contributed by atoms with E-state index in [-0.39, 0.29) is 5.56 Å². The SMILES string of the molecule is CCCCCC(C)Nc1ccc(N)c(C(=O)O)c1. The van der Waals surface area contributed by atoms with Gasteiger partial charge in [-0.1, -0.05) is 26.2 Å². The normalized spacial score (nSPS) is 12.1. The molecule has 4 N–H and O–H groups in total. The van der Waals surface area contributed by atoms with Crippen LogP contribution in [0.1, 0.15) is 49.9 Å². The topological polar surface area (TPSA) is 75.3 Å². The van der Waals surface area contributed by atoms with Gasteiger partial charge in [-0.15, -0.1) is 0 Å². The molecule has 0 aliphatic rings. The van der Waals surface area contributed by atoms with Crippen LogP contribution in [0.5, 0.6) is 0 Å². The van der Waals surface area contributed by atoms with E-state index in [2.05, 4.69) is 19.2 Å². The molecule has 1 rings (SSSR count). The monoisotopic (exact) mass is 250 g/mol. The number of nitrogens with two attached hydrogens (primary N) is 1. The highest BCUT2D eigenvalue weighted by atomic mass is 16.4. The highest BCUT2D eigenvalue weighted by Crippen LogP contribution is 2.19. The number of nitrogens with one attached hydrogen (secondary N) is 1. The first kappa shape index (κ1) is 14.4. The number of unbranched alkanes of at least 4 members (excludes halogenated alkanes) is 2. The number of anilines is 2. The maximum atomic E-state index is 11.0. The van der Waals surface area contributed by atoms with Crippen molar-refractivity contribution in [3.05, 3.63) is 23.8 Å². The number of hydrogen-bond donors (Lipinski definition) is 3. The number of hydrogen-bond acceptors (Lipinski definition) is 3. The summed E-state index contributed by atoms with van der Waals surface area (Å²) in [5.74, 6) is -0.991. The molecule has 0 saturated heterocycles. The zero-order chi connectivity index (χ0) is 13.5. The Hall–Kier alpha value is -1.71. The summed E-state index contributed by atoms with van der Waals surface area (Å²) in [5, 5.41) is 12.3. The van der Waals surface area contributed by atoms with Gasteiger partial charge in [-0.3, -0.25) is 0 Å². The van der Waals surface area contributed by atoms with E-state index < -0.39 is 5.97 Å². The van der Waals surface area contributed by atoms with Crippen LogP contribution in [0.2, 0.25) is 0 Å². The zero-order valence-corrected chi connectivity index (χ0v) is 11.1. The van der Waals surface area contributed by atoms with Crippen molar-refractivity contribution in [1.29, 1.82) is 0 Å². The van der Waals surface area contributed by atoms with Crippen LogP contribution in [0.4, 0.5) is 11.4 Å². The first-order chi connectivity index (χ1) is 8.54. The van der Waals surface area contributed by atoms with Crippen molar-refractivity contribution in [2.45, 2.75) is 45.6 Å². The predicted molar refractivity (Wildman–Crippen MR) is 75.0 cm³/mol. The molecule has 0 spiro atoms. The molecule has 0 heterocycles. The lowest BCUT2D eigenvalue weighted by Gasteiger charge is -2.15. The van der Waals surface area contributed by atoms with E-state index >= 15 is 0 Å². The molecular formula is C14H22N2O2. The third-order valence-corrected chi connectivity index (χ3v) is 2.94. The van der Waals surface area contributed by atoms with Crippen molar-refractivity contribution in [3.8, 4) is 0 Å². The average Bonchev–Trinajstić information content (AvgIpc) is 2.31. The Bertz CT molecular complexity index is 405. The third-order valence-electron chi connectivity index (χ3n) is 2.94. The molecule has 0 aromatic heterocycles. The van der Waals surface area contributed by atoms with Crippen LogP contribution in [0.25, 0.3) is 0 Å². The van der Waals surface area contributed by atoms with Crippen LogP contribution in [-0.2, 0) is 0 Å². The van der Waals surface area contributed by atoms with Gasteiger partial charge in [-0.25, -0.2) is 4.79 Å². The highest BCUT2D eigenvalue weighted by molar-refractivity contribution is 5.94. The second kappa shape index (κ2) is 6.89. The van der Waals surface area contributed by atoms with E-state index in [1.807, 2.05) is 6.07 Å². The van der Waals surface area contributed by atoms with Crippen LogP contribution in [0.15, 0.2) is 18.2 Å². The van der Waals surface area contributed by atoms with Gasteiger partial charge in [0.15, 0.2) is 0 Å². The van der Waals surface area contributed by atoms with Crippen LogP contribution < -0.4 is 11.1 Å². The third kappa shape index (κ3) is 4.28. The molecule has 1 unspecified atom stereocenters. The lowest BCUT2D eigenvalue weighted by molar-refractivity contribution is 0.0698. The Balaban J connectivity index is 2.62. The van der Waals surface area contributed by atoms with Gasteiger partial charge in [0.2, 0.25) is 0 Å². The first-order valence-electron chi connectivity index (χ1n) is 6.44. The van der Waals surface area contributed by atoms with E-state index in [1.54, 1.807) is 12.1 Å². The van der Waals surface area contributed by atoms with Crippen molar-refractivity contribution >= 4 is 17.3 Å². The zero-order valence-electron chi connectivity index (χ0n) is 11.1. The number of nitrogen functional groups attached to an aromatic ring is 1. The molecule has 18 heavy (non-hydrogen) atoms. The van der Waals surface area contributed by atoms with Gasteiger partial charge in [0.1, 0.15) is 0 Å². The standard InChI is InChI=1S/C14H22N2O2/c1-3-4-5-6-10(2)16-11-7-8-13(15)12(9-11)14(17)18/h7-10,16H,3-6,15H2,1-2H3,(H,17,18). The lowest BCUT2D eigenvalue weighted by Crippen LogP contribution is -2.15. The largest absolute Gasteiger partial charge is 0.478 e. The van der Waals surface area contributed by atoms with E-state index in [9.17, 15) is 4.79 Å². The average molecular weight is 250 g/mol. The van der Waals surface area contributed by atoms with Crippen LogP contribution in [0, 0.1) is 0 Å². The van der Waals surface area contributed by atoms with Gasteiger partial charge in [-0.05, 0) is 31.5 Å². The van der Waals surface area contributed by atoms with E-state index in [0.717, 1.165) is 12.1 Å². The van der Waals surface area contributed by atoms with Crippen molar-refractivity contribution in [2.24, 2.45) is 0 Å². The minimum atomic E-state index is -0.991. The van der Waals surface area contributed by atoms with Gasteiger partial charge in [0, 0.05) is 17.4 Å². The van der Waals surface area contributed by atoms with Crippen LogP contribution in [0.3, 0.4) is 0 Å². The Labute approximate surface area is 108 Å². The van der Waals surface area contributed by atoms with Gasteiger partial charge >= 0.3 is 5.97 Å². The Morgan fingerprint density at radius 2 is 2.17 bits per heavy atom. The van der Waals surface area contributed by atoms with Crippen LogP contribution in [-0.4, -0.2) is 17.1 Å². The van der Waals surface area contributed by atoms with Gasteiger partial charge < -0.3 is 16.2 Å². The van der Waals surface area contributed by atoms with Crippen molar-refractivity contribution in [1.82, 2.24) is 0 Å².